The van der Waals surface area contributed by atoms with Crippen LogP contribution in [0.5, 0.6) is 0 Å². The Kier molecular flexibility index (Phi) is 11.0. The van der Waals surface area contributed by atoms with Gasteiger partial charge in [0.25, 0.3) is 0 Å². The van der Waals surface area contributed by atoms with E-state index in [1.54, 1.807) is 30.3 Å². The smallest absolute Gasteiger partial charge is 0.244 e. The Morgan fingerprint density at radius 3 is 2.15 bits per heavy atom. The first-order valence-corrected chi connectivity index (χ1v) is 15.6. The zero-order valence-electron chi connectivity index (χ0n) is 23.2. The summed E-state index contributed by atoms with van der Waals surface area (Å²) in [6.07, 6.45) is 1.99. The minimum atomic E-state index is -3.86. The molecule has 1 atom stereocenters. The largest absolute Gasteiger partial charge is 0.354 e. The first-order chi connectivity index (χ1) is 18.9. The fourth-order valence-electron chi connectivity index (χ4n) is 4.37. The molecule has 0 saturated heterocycles. The first kappa shape index (κ1) is 31.5. The highest BCUT2D eigenvalue weighted by Crippen LogP contribution is 2.29. The zero-order chi connectivity index (χ0) is 29.4. The molecule has 0 radical (unpaired) electrons. The second kappa shape index (κ2) is 14.0. The van der Waals surface area contributed by atoms with Crippen LogP contribution in [-0.4, -0.2) is 50.5 Å². The molecule has 3 aromatic rings. The molecule has 0 bridgehead atoms. The van der Waals surface area contributed by atoms with Crippen molar-refractivity contribution in [3.05, 3.63) is 99.0 Å². The maximum absolute atomic E-state index is 14.2. The molecule has 0 spiro atoms. The third-order valence-corrected chi connectivity index (χ3v) is 8.57. The second-order valence-electron chi connectivity index (χ2n) is 9.71. The van der Waals surface area contributed by atoms with E-state index in [1.807, 2.05) is 57.2 Å². The Balaban J connectivity index is 2.12. The molecule has 1 N–H and O–H groups in total. The van der Waals surface area contributed by atoms with Crippen molar-refractivity contribution in [3.63, 3.8) is 0 Å². The van der Waals surface area contributed by atoms with Crippen LogP contribution in [0.1, 0.15) is 35.6 Å². The van der Waals surface area contributed by atoms with E-state index in [2.05, 4.69) is 5.32 Å². The van der Waals surface area contributed by atoms with E-state index < -0.39 is 28.5 Å². The fourth-order valence-corrected chi connectivity index (χ4v) is 5.79. The molecule has 0 aliphatic rings. The van der Waals surface area contributed by atoms with Gasteiger partial charge in [-0.3, -0.25) is 13.9 Å². The third kappa shape index (κ3) is 7.99. The van der Waals surface area contributed by atoms with E-state index in [0.29, 0.717) is 34.3 Å². The highest BCUT2D eigenvalue weighted by Gasteiger charge is 2.34. The predicted molar refractivity (Wildman–Crippen MR) is 162 cm³/mol. The topological polar surface area (TPSA) is 86.8 Å². The van der Waals surface area contributed by atoms with Gasteiger partial charge in [-0.15, -0.1) is 0 Å². The molecular formula is C30H35Cl2N3O4S. The Bertz CT molecular complexity index is 1430. The average Bonchev–Trinajstić information content (AvgIpc) is 2.91. The number of anilines is 1. The van der Waals surface area contributed by atoms with E-state index in [1.165, 1.54) is 4.90 Å². The zero-order valence-corrected chi connectivity index (χ0v) is 25.5. The van der Waals surface area contributed by atoms with Crippen molar-refractivity contribution in [2.45, 2.75) is 46.2 Å². The number of amides is 2. The number of nitrogens with zero attached hydrogens (tertiary/aromatic N) is 2. The molecule has 40 heavy (non-hydrogen) atoms. The SMILES string of the molecule is CCCNC(=O)[C@H](Cc1ccccc1)N(Cc1c(Cl)cccc1Cl)C(=O)CN(c1cccc(C)c1C)S(C)(=O)=O. The standard InChI is InChI=1S/C30H35Cl2N3O4S/c1-5-17-33-30(37)28(18-23-12-7-6-8-13-23)34(19-24-25(31)14-10-15-26(24)32)29(36)20-35(40(4,38)39)27-16-9-11-21(2)22(27)3/h6-16,28H,5,17-20H2,1-4H3,(H,33,37)/t28-/m0/s1. The number of hydrogen-bond acceptors (Lipinski definition) is 4. The van der Waals surface area contributed by atoms with E-state index in [0.717, 1.165) is 27.3 Å². The molecule has 0 unspecified atom stereocenters. The molecule has 10 heteroatoms. The summed E-state index contributed by atoms with van der Waals surface area (Å²) in [5.74, 6) is -0.908. The lowest BCUT2D eigenvalue weighted by Gasteiger charge is -2.34. The molecule has 3 aromatic carbocycles. The van der Waals surface area contributed by atoms with E-state index in [9.17, 15) is 18.0 Å². The van der Waals surface area contributed by atoms with Gasteiger partial charge < -0.3 is 10.2 Å². The van der Waals surface area contributed by atoms with Crippen LogP contribution in [0.2, 0.25) is 10.0 Å². The molecule has 0 aliphatic heterocycles. The van der Waals surface area contributed by atoms with Crippen LogP contribution in [0.3, 0.4) is 0 Å². The van der Waals surface area contributed by atoms with E-state index in [4.69, 9.17) is 23.2 Å². The van der Waals surface area contributed by atoms with Crippen LogP contribution < -0.4 is 9.62 Å². The maximum atomic E-state index is 14.2. The van der Waals surface area contributed by atoms with Gasteiger partial charge >= 0.3 is 0 Å². The molecular weight excluding hydrogens is 569 g/mol. The molecule has 3 rings (SSSR count). The molecule has 0 fully saturated rings. The Hall–Kier alpha value is -3.07. The van der Waals surface area contributed by atoms with Crippen molar-refractivity contribution in [1.82, 2.24) is 10.2 Å². The van der Waals surface area contributed by atoms with Gasteiger partial charge in [0.05, 0.1) is 11.9 Å². The third-order valence-electron chi connectivity index (χ3n) is 6.73. The second-order valence-corrected chi connectivity index (χ2v) is 12.4. The van der Waals surface area contributed by atoms with Crippen LogP contribution in [0.4, 0.5) is 5.69 Å². The summed E-state index contributed by atoms with van der Waals surface area (Å²) in [6, 6.07) is 18.7. The van der Waals surface area contributed by atoms with Crippen molar-refractivity contribution >= 4 is 50.7 Å². The summed E-state index contributed by atoms with van der Waals surface area (Å²) in [4.78, 5) is 29.1. The maximum Gasteiger partial charge on any atom is 0.244 e. The van der Waals surface area contributed by atoms with Crippen molar-refractivity contribution in [2.75, 3.05) is 23.7 Å². The fraction of sp³-hybridized carbons (Fsp3) is 0.333. The lowest BCUT2D eigenvalue weighted by molar-refractivity contribution is -0.140. The molecule has 214 valence electrons. The molecule has 2 amide bonds. The van der Waals surface area contributed by atoms with Gasteiger partial charge in [-0.1, -0.05) is 78.7 Å². The van der Waals surface area contributed by atoms with Gasteiger partial charge in [-0.05, 0) is 55.2 Å². The number of nitrogens with one attached hydrogen (secondary N) is 1. The van der Waals surface area contributed by atoms with E-state index >= 15 is 0 Å². The molecule has 0 heterocycles. The van der Waals surface area contributed by atoms with Gasteiger partial charge in [0.1, 0.15) is 12.6 Å². The summed E-state index contributed by atoms with van der Waals surface area (Å²) >= 11 is 13.0. The summed E-state index contributed by atoms with van der Waals surface area (Å²) in [5.41, 5.74) is 3.35. The summed E-state index contributed by atoms with van der Waals surface area (Å²) in [6.45, 7) is 5.46. The summed E-state index contributed by atoms with van der Waals surface area (Å²) < 4.78 is 27.1. The average molecular weight is 605 g/mol. The van der Waals surface area contributed by atoms with E-state index in [-0.39, 0.29) is 18.9 Å². The first-order valence-electron chi connectivity index (χ1n) is 13.0. The van der Waals surface area contributed by atoms with Gasteiger partial charge in [0.15, 0.2) is 0 Å². The number of hydrogen-bond donors (Lipinski definition) is 1. The van der Waals surface area contributed by atoms with Crippen LogP contribution in [0.25, 0.3) is 0 Å². The monoisotopic (exact) mass is 603 g/mol. The minimum Gasteiger partial charge on any atom is -0.354 e. The molecule has 0 aliphatic carbocycles. The molecule has 0 saturated carbocycles. The van der Waals surface area contributed by atoms with Crippen molar-refractivity contribution in [3.8, 4) is 0 Å². The lowest BCUT2D eigenvalue weighted by Crippen LogP contribution is -2.53. The van der Waals surface area contributed by atoms with Crippen molar-refractivity contribution < 1.29 is 18.0 Å². The van der Waals surface area contributed by atoms with Crippen molar-refractivity contribution in [2.24, 2.45) is 0 Å². The number of carbonyl (C=O) groups excluding carboxylic acids is 2. The number of rotatable bonds is 12. The number of sulfonamides is 1. The Labute approximate surface area is 247 Å². The molecule has 7 nitrogen and oxygen atoms in total. The minimum absolute atomic E-state index is 0.0845. The number of aryl methyl sites for hydroxylation is 1. The summed E-state index contributed by atoms with van der Waals surface area (Å²) in [5, 5.41) is 3.58. The highest BCUT2D eigenvalue weighted by molar-refractivity contribution is 7.92. The lowest BCUT2D eigenvalue weighted by atomic mass is 10.0. The number of halogens is 2. The Morgan fingerprint density at radius 2 is 1.55 bits per heavy atom. The quantitative estimate of drug-likeness (QED) is 0.294. The van der Waals surface area contributed by atoms with Crippen molar-refractivity contribution in [1.29, 1.82) is 0 Å². The highest BCUT2D eigenvalue weighted by atomic mass is 35.5. The van der Waals surface area contributed by atoms with Gasteiger partial charge in [0.2, 0.25) is 21.8 Å². The Morgan fingerprint density at radius 1 is 0.925 bits per heavy atom. The van der Waals surface area contributed by atoms with Crippen LogP contribution in [-0.2, 0) is 32.6 Å². The van der Waals surface area contributed by atoms with Gasteiger partial charge in [0, 0.05) is 35.1 Å². The van der Waals surface area contributed by atoms with Crippen LogP contribution in [0.15, 0.2) is 66.7 Å². The van der Waals surface area contributed by atoms with Crippen LogP contribution >= 0.6 is 23.2 Å². The predicted octanol–water partition coefficient (Wildman–Crippen LogP) is 5.54. The van der Waals surface area contributed by atoms with Gasteiger partial charge in [-0.25, -0.2) is 8.42 Å². The number of benzene rings is 3. The van der Waals surface area contributed by atoms with Gasteiger partial charge in [-0.2, -0.15) is 0 Å². The normalized spacial score (nSPS) is 12.1. The van der Waals surface area contributed by atoms with Crippen LogP contribution in [0, 0.1) is 13.8 Å². The molecule has 0 aromatic heterocycles. The number of carbonyl (C=O) groups is 2. The summed E-state index contributed by atoms with van der Waals surface area (Å²) in [7, 11) is -3.86.